The Bertz CT molecular complexity index is 158. The smallest absolute Gasteiger partial charge is 0.422 e. The lowest BCUT2D eigenvalue weighted by Crippen LogP contribution is -2.16. The molecule has 0 saturated heterocycles. The van der Waals surface area contributed by atoms with Crippen LogP contribution in [0, 0.1) is 0 Å². The average molecular weight is 241 g/mol. The summed E-state index contributed by atoms with van der Waals surface area (Å²) in [6, 6.07) is -1.91. The maximum atomic E-state index is 11.8. The summed E-state index contributed by atoms with van der Waals surface area (Å²) in [5.41, 5.74) is 0. The molecule has 11 heavy (non-hydrogen) atoms. The Morgan fingerprint density at radius 3 is 2.00 bits per heavy atom. The van der Waals surface area contributed by atoms with Gasteiger partial charge in [0.15, 0.2) is 6.61 Å². The van der Waals surface area contributed by atoms with E-state index in [4.69, 9.17) is 0 Å². The highest BCUT2D eigenvalue weighted by Gasteiger charge is 2.29. The third-order valence-corrected chi connectivity index (χ3v) is 0.823. The Morgan fingerprint density at radius 1 is 1.27 bits per heavy atom. The normalized spacial score (nSPS) is 14.4. The van der Waals surface area contributed by atoms with Crippen molar-refractivity contribution in [3.05, 3.63) is 10.7 Å². The molecule has 0 aromatic heterocycles. The van der Waals surface area contributed by atoms with Crippen LogP contribution in [0.2, 0.25) is 0 Å². The van der Waals surface area contributed by atoms with Gasteiger partial charge < -0.3 is 4.74 Å². The van der Waals surface area contributed by atoms with E-state index < -0.39 is 23.5 Å². The fraction of sp³-hybridized carbons (Fsp3) is 0.500. The molecule has 0 unspecified atom stereocenters. The maximum Gasteiger partial charge on any atom is 0.422 e. The Balaban J connectivity index is 3.82. The molecule has 0 heterocycles. The lowest BCUT2D eigenvalue weighted by atomic mass is 10.7. The number of halogens is 6. The molecule has 0 radical (unpaired) electrons. The van der Waals surface area contributed by atoms with Crippen molar-refractivity contribution in [1.82, 2.24) is 0 Å². The molecule has 0 atom stereocenters. The number of hydrogen-bond donors (Lipinski definition) is 0. The van der Waals surface area contributed by atoms with E-state index in [-0.39, 0.29) is 0 Å². The first-order valence-corrected chi connectivity index (χ1v) is 3.02. The Morgan fingerprint density at radius 2 is 1.73 bits per heavy atom. The molecule has 0 amide bonds. The molecule has 0 spiro atoms. The Kier molecular flexibility index (Phi) is 3.77. The minimum absolute atomic E-state index is 1.60. The van der Waals surface area contributed by atoms with Gasteiger partial charge in [0.1, 0.15) is 0 Å². The molecule has 0 aromatic rings. The molecule has 7 heteroatoms. The quantitative estimate of drug-likeness (QED) is 0.533. The molecule has 66 valence electrons. The predicted molar refractivity (Wildman–Crippen MR) is 30.2 cm³/mol. The van der Waals surface area contributed by atoms with Crippen LogP contribution in [-0.4, -0.2) is 12.8 Å². The summed E-state index contributed by atoms with van der Waals surface area (Å²) in [7, 11) is 0. The van der Waals surface area contributed by atoms with E-state index in [1.807, 2.05) is 15.9 Å². The van der Waals surface area contributed by atoms with Crippen LogP contribution in [-0.2, 0) is 4.74 Å². The molecule has 0 aliphatic carbocycles. The van der Waals surface area contributed by atoms with Crippen LogP contribution >= 0.6 is 15.9 Å². The van der Waals surface area contributed by atoms with Crippen LogP contribution in [0.25, 0.3) is 0 Å². The van der Waals surface area contributed by atoms with Gasteiger partial charge in [0.05, 0.1) is 0 Å². The minimum Gasteiger partial charge on any atom is -0.459 e. The molecule has 0 aliphatic heterocycles. The predicted octanol–water partition coefficient (Wildman–Crippen LogP) is 3.03. The average Bonchev–Trinajstić information content (AvgIpc) is 1.80. The van der Waals surface area contributed by atoms with Crippen LogP contribution in [0.3, 0.4) is 0 Å². The van der Waals surface area contributed by atoms with Crippen molar-refractivity contribution in [3.63, 3.8) is 0 Å². The second-order valence-electron chi connectivity index (χ2n) is 1.44. The summed E-state index contributed by atoms with van der Waals surface area (Å²) in [6.45, 7) is -1.85. The van der Waals surface area contributed by atoms with Crippen LogP contribution in [0.1, 0.15) is 0 Å². The highest BCUT2D eigenvalue weighted by Crippen LogP contribution is 2.20. The van der Waals surface area contributed by atoms with E-state index in [1.165, 1.54) is 0 Å². The molecule has 0 aliphatic rings. The summed E-state index contributed by atoms with van der Waals surface area (Å²) in [6.07, 6.45) is -4.67. The van der Waals surface area contributed by atoms with Crippen LogP contribution in [0.5, 0.6) is 0 Å². The zero-order valence-electron chi connectivity index (χ0n) is 4.88. The SMILES string of the molecule is FC(Br)=C(F)OCC(F)(F)F. The largest absolute Gasteiger partial charge is 0.459 e. The first-order valence-electron chi connectivity index (χ1n) is 2.23. The van der Waals surface area contributed by atoms with Crippen molar-refractivity contribution in [2.24, 2.45) is 0 Å². The molecule has 0 saturated carbocycles. The van der Waals surface area contributed by atoms with E-state index in [2.05, 4.69) is 4.74 Å². The van der Waals surface area contributed by atoms with Gasteiger partial charge in [0.25, 0.3) is 0 Å². The second-order valence-corrected chi connectivity index (χ2v) is 2.13. The standard InChI is InChI=1S/C4H2BrF5O/c5-2(6)3(7)11-1-4(8,9)10/h1H2. The highest BCUT2D eigenvalue weighted by atomic mass is 79.9. The fourth-order valence-corrected chi connectivity index (χ4v) is 0.314. The van der Waals surface area contributed by atoms with Crippen molar-refractivity contribution in [3.8, 4) is 0 Å². The van der Waals surface area contributed by atoms with E-state index in [0.717, 1.165) is 0 Å². The third-order valence-electron chi connectivity index (χ3n) is 0.511. The maximum absolute atomic E-state index is 11.8. The molecule has 0 fully saturated rings. The summed E-state index contributed by atoms with van der Waals surface area (Å²) in [5, 5.41) is 0. The van der Waals surface area contributed by atoms with Crippen molar-refractivity contribution in [2.45, 2.75) is 6.18 Å². The van der Waals surface area contributed by atoms with Crippen LogP contribution in [0.4, 0.5) is 22.0 Å². The first kappa shape index (κ1) is 10.7. The van der Waals surface area contributed by atoms with E-state index in [1.54, 1.807) is 0 Å². The molecule has 0 rings (SSSR count). The van der Waals surface area contributed by atoms with Gasteiger partial charge in [-0.25, -0.2) is 0 Å². The zero-order chi connectivity index (χ0) is 9.07. The van der Waals surface area contributed by atoms with Crippen molar-refractivity contribution >= 4 is 15.9 Å². The van der Waals surface area contributed by atoms with Gasteiger partial charge in [-0.05, 0) is 15.9 Å². The first-order chi connectivity index (χ1) is 4.83. The van der Waals surface area contributed by atoms with Gasteiger partial charge in [0, 0.05) is 0 Å². The van der Waals surface area contributed by atoms with Crippen molar-refractivity contribution in [1.29, 1.82) is 0 Å². The monoisotopic (exact) mass is 240 g/mol. The van der Waals surface area contributed by atoms with Gasteiger partial charge in [0.2, 0.25) is 4.74 Å². The van der Waals surface area contributed by atoms with E-state index >= 15 is 0 Å². The van der Waals surface area contributed by atoms with Gasteiger partial charge in [-0.1, -0.05) is 0 Å². The summed E-state index contributed by atoms with van der Waals surface area (Å²) in [4.78, 5) is 0. The number of ether oxygens (including phenoxy) is 1. The number of rotatable bonds is 2. The highest BCUT2D eigenvalue weighted by molar-refractivity contribution is 9.11. The molecular formula is C4H2BrF5O. The van der Waals surface area contributed by atoms with Crippen LogP contribution < -0.4 is 0 Å². The fourth-order valence-electron chi connectivity index (χ4n) is 0.200. The van der Waals surface area contributed by atoms with Gasteiger partial charge in [-0.2, -0.15) is 22.0 Å². The summed E-state index contributed by atoms with van der Waals surface area (Å²) < 4.78 is 58.8. The minimum atomic E-state index is -4.67. The Labute approximate surface area is 67.0 Å². The molecule has 1 nitrogen and oxygen atoms in total. The van der Waals surface area contributed by atoms with E-state index in [0.29, 0.717) is 0 Å². The Hall–Kier alpha value is -0.330. The topological polar surface area (TPSA) is 9.23 Å². The van der Waals surface area contributed by atoms with E-state index in [9.17, 15) is 22.0 Å². The molecule has 0 N–H and O–H groups in total. The van der Waals surface area contributed by atoms with Gasteiger partial charge in [-0.3, -0.25) is 0 Å². The zero-order valence-corrected chi connectivity index (χ0v) is 6.47. The second kappa shape index (κ2) is 3.89. The molecule has 0 aromatic carbocycles. The molecule has 0 bridgehead atoms. The van der Waals surface area contributed by atoms with Crippen LogP contribution in [0.15, 0.2) is 10.7 Å². The molecular weight excluding hydrogens is 239 g/mol. The summed E-state index contributed by atoms with van der Waals surface area (Å²) in [5.74, 6) is 0. The van der Waals surface area contributed by atoms with Gasteiger partial charge >= 0.3 is 12.2 Å². The lowest BCUT2D eigenvalue weighted by Gasteiger charge is -2.05. The van der Waals surface area contributed by atoms with Crippen molar-refractivity contribution < 1.29 is 26.7 Å². The van der Waals surface area contributed by atoms with Crippen molar-refractivity contribution in [2.75, 3.05) is 6.61 Å². The number of alkyl halides is 3. The summed E-state index contributed by atoms with van der Waals surface area (Å²) >= 11 is 1.95. The van der Waals surface area contributed by atoms with Gasteiger partial charge in [-0.15, -0.1) is 0 Å². The lowest BCUT2D eigenvalue weighted by molar-refractivity contribution is -0.169. The third kappa shape index (κ3) is 6.08. The number of hydrogen-bond acceptors (Lipinski definition) is 1.